The molecule has 0 aliphatic carbocycles. The highest BCUT2D eigenvalue weighted by atomic mass is 19.1. The number of anilines is 1. The van der Waals surface area contributed by atoms with Crippen LogP contribution < -0.4 is 5.32 Å². The Labute approximate surface area is 132 Å². The van der Waals surface area contributed by atoms with Crippen LogP contribution in [-0.4, -0.2) is 5.91 Å². The van der Waals surface area contributed by atoms with Crippen LogP contribution in [0.5, 0.6) is 0 Å². The Balaban J connectivity index is 2.01. The second kappa shape index (κ2) is 5.58. The number of furan rings is 1. The minimum Gasteiger partial charge on any atom is -0.451 e. The third kappa shape index (κ3) is 2.55. The van der Waals surface area contributed by atoms with E-state index in [2.05, 4.69) is 5.32 Å². The van der Waals surface area contributed by atoms with Crippen LogP contribution in [0.25, 0.3) is 11.0 Å². The van der Waals surface area contributed by atoms with Gasteiger partial charge in [0.05, 0.1) is 5.69 Å². The van der Waals surface area contributed by atoms with Gasteiger partial charge in [-0.25, -0.2) is 4.39 Å². The number of hydrogen-bond acceptors (Lipinski definition) is 3. The zero-order chi connectivity index (χ0) is 16.6. The lowest BCUT2D eigenvalue weighted by Gasteiger charge is -2.06. The summed E-state index contributed by atoms with van der Waals surface area (Å²) in [6, 6.07) is 11.5. The topological polar surface area (TPSA) is 66.0 Å². The van der Waals surface area contributed by atoms with Crippen LogP contribution in [0.2, 0.25) is 0 Å². The van der Waals surface area contributed by atoms with Gasteiger partial charge in [0, 0.05) is 10.9 Å². The van der Waals surface area contributed by atoms with Gasteiger partial charge in [-0.1, -0.05) is 18.2 Å². The van der Waals surface area contributed by atoms with Crippen LogP contribution >= 0.6 is 0 Å². The van der Waals surface area contributed by atoms with Gasteiger partial charge in [0.1, 0.15) is 23.0 Å². The van der Waals surface area contributed by atoms with E-state index in [1.54, 1.807) is 13.0 Å². The lowest BCUT2D eigenvalue weighted by molar-refractivity contribution is 0.0998. The number of nitriles is 1. The van der Waals surface area contributed by atoms with Crippen molar-refractivity contribution in [2.75, 3.05) is 5.32 Å². The van der Waals surface area contributed by atoms with Gasteiger partial charge in [-0.3, -0.25) is 4.79 Å². The van der Waals surface area contributed by atoms with Crippen molar-refractivity contribution in [3.63, 3.8) is 0 Å². The first-order valence-electron chi connectivity index (χ1n) is 7.01. The van der Waals surface area contributed by atoms with E-state index in [4.69, 9.17) is 9.68 Å². The van der Waals surface area contributed by atoms with Gasteiger partial charge in [0.25, 0.3) is 5.91 Å². The van der Waals surface area contributed by atoms with E-state index >= 15 is 0 Å². The lowest BCUT2D eigenvalue weighted by Crippen LogP contribution is -2.13. The Kier molecular flexibility index (Phi) is 3.59. The summed E-state index contributed by atoms with van der Waals surface area (Å²) in [6.45, 7) is 3.72. The molecule has 3 rings (SSSR count). The number of rotatable bonds is 2. The smallest absolute Gasteiger partial charge is 0.291 e. The standard InChI is InChI=1S/C18H13FN2O2/c1-10-6-7-12-11(2)17(23-16(12)8-10)18(22)21-15-5-3-4-14(19)13(15)9-20/h3-8H,1-2H3,(H,21,22). The maximum atomic E-state index is 13.6. The monoisotopic (exact) mass is 308 g/mol. The van der Waals surface area contributed by atoms with Gasteiger partial charge in [0.15, 0.2) is 5.76 Å². The van der Waals surface area contributed by atoms with Gasteiger partial charge in [-0.15, -0.1) is 0 Å². The number of hydrogen-bond donors (Lipinski definition) is 1. The summed E-state index contributed by atoms with van der Waals surface area (Å²) in [5, 5.41) is 12.4. The van der Waals surface area contributed by atoms with Crippen molar-refractivity contribution >= 4 is 22.6 Å². The molecule has 4 nitrogen and oxygen atoms in total. The Morgan fingerprint density at radius 3 is 2.78 bits per heavy atom. The summed E-state index contributed by atoms with van der Waals surface area (Å²) in [5.41, 5.74) is 2.26. The number of nitrogens with one attached hydrogen (secondary N) is 1. The number of carbonyl (C=O) groups excluding carboxylic acids is 1. The highest BCUT2D eigenvalue weighted by molar-refractivity contribution is 6.07. The van der Waals surface area contributed by atoms with Crippen LogP contribution in [-0.2, 0) is 0 Å². The largest absolute Gasteiger partial charge is 0.451 e. The van der Waals surface area contributed by atoms with Crippen LogP contribution in [0.4, 0.5) is 10.1 Å². The summed E-state index contributed by atoms with van der Waals surface area (Å²) < 4.78 is 19.2. The predicted molar refractivity (Wildman–Crippen MR) is 84.8 cm³/mol. The average Bonchev–Trinajstić information content (AvgIpc) is 2.84. The first-order chi connectivity index (χ1) is 11.0. The third-order valence-electron chi connectivity index (χ3n) is 3.67. The van der Waals surface area contributed by atoms with Crippen LogP contribution in [0.3, 0.4) is 0 Å². The third-order valence-corrected chi connectivity index (χ3v) is 3.67. The van der Waals surface area contributed by atoms with Crippen LogP contribution in [0, 0.1) is 31.0 Å². The van der Waals surface area contributed by atoms with Crippen molar-refractivity contribution in [3.8, 4) is 6.07 Å². The molecule has 0 saturated carbocycles. The molecule has 2 aromatic carbocycles. The number of benzene rings is 2. The van der Waals surface area contributed by atoms with Gasteiger partial charge >= 0.3 is 0 Å². The molecule has 0 radical (unpaired) electrons. The Morgan fingerprint density at radius 1 is 1.26 bits per heavy atom. The molecule has 0 bridgehead atoms. The minimum atomic E-state index is -0.678. The van der Waals surface area contributed by atoms with Crippen LogP contribution in [0.1, 0.15) is 27.2 Å². The second-order valence-corrected chi connectivity index (χ2v) is 5.28. The maximum Gasteiger partial charge on any atom is 0.291 e. The van der Waals surface area contributed by atoms with Crippen molar-refractivity contribution < 1.29 is 13.6 Å². The fourth-order valence-corrected chi connectivity index (χ4v) is 2.47. The fraction of sp³-hybridized carbons (Fsp3) is 0.111. The van der Waals surface area contributed by atoms with E-state index in [1.807, 2.05) is 25.1 Å². The lowest BCUT2D eigenvalue weighted by atomic mass is 10.1. The van der Waals surface area contributed by atoms with E-state index in [-0.39, 0.29) is 17.0 Å². The minimum absolute atomic E-state index is 0.119. The Bertz CT molecular complexity index is 967. The summed E-state index contributed by atoms with van der Waals surface area (Å²) in [7, 11) is 0. The molecular weight excluding hydrogens is 295 g/mol. The van der Waals surface area contributed by atoms with E-state index in [0.29, 0.717) is 11.1 Å². The quantitative estimate of drug-likeness (QED) is 0.767. The average molecular weight is 308 g/mol. The highest BCUT2D eigenvalue weighted by Gasteiger charge is 2.19. The fourth-order valence-electron chi connectivity index (χ4n) is 2.47. The van der Waals surface area contributed by atoms with Crippen molar-refractivity contribution in [2.45, 2.75) is 13.8 Å². The molecule has 1 amide bonds. The maximum absolute atomic E-state index is 13.6. The molecule has 0 aliphatic rings. The zero-order valence-corrected chi connectivity index (χ0v) is 12.6. The highest BCUT2D eigenvalue weighted by Crippen LogP contribution is 2.27. The summed E-state index contributed by atoms with van der Waals surface area (Å²) in [6.07, 6.45) is 0. The molecule has 0 fully saturated rings. The molecule has 0 unspecified atom stereocenters. The molecule has 0 atom stereocenters. The Morgan fingerprint density at radius 2 is 2.04 bits per heavy atom. The molecule has 23 heavy (non-hydrogen) atoms. The van der Waals surface area contributed by atoms with E-state index in [1.165, 1.54) is 18.2 Å². The van der Waals surface area contributed by atoms with Crippen LogP contribution in [0.15, 0.2) is 40.8 Å². The number of aryl methyl sites for hydroxylation is 2. The SMILES string of the molecule is Cc1ccc2c(C)c(C(=O)Nc3cccc(F)c3C#N)oc2c1. The van der Waals surface area contributed by atoms with Gasteiger partial charge in [-0.05, 0) is 37.6 Å². The molecular formula is C18H13FN2O2. The zero-order valence-electron chi connectivity index (χ0n) is 12.6. The van der Waals surface area contributed by atoms with Crippen molar-refractivity contribution in [1.29, 1.82) is 5.26 Å². The van der Waals surface area contributed by atoms with E-state index in [0.717, 1.165) is 10.9 Å². The molecule has 114 valence electrons. The van der Waals surface area contributed by atoms with Crippen molar-refractivity contribution in [3.05, 3.63) is 64.7 Å². The molecule has 3 aromatic rings. The number of amides is 1. The molecule has 0 saturated heterocycles. The van der Waals surface area contributed by atoms with Gasteiger partial charge in [0.2, 0.25) is 0 Å². The molecule has 5 heteroatoms. The van der Waals surface area contributed by atoms with Gasteiger partial charge in [-0.2, -0.15) is 5.26 Å². The normalized spacial score (nSPS) is 10.5. The van der Waals surface area contributed by atoms with Crippen molar-refractivity contribution in [2.24, 2.45) is 0 Å². The predicted octanol–water partition coefficient (Wildman–Crippen LogP) is 4.31. The Hall–Kier alpha value is -3.13. The molecule has 1 N–H and O–H groups in total. The number of carbonyl (C=O) groups is 1. The summed E-state index contributed by atoms with van der Waals surface area (Å²) in [4.78, 5) is 12.4. The first-order valence-corrected chi connectivity index (χ1v) is 7.01. The molecule has 0 aliphatic heterocycles. The second-order valence-electron chi connectivity index (χ2n) is 5.28. The van der Waals surface area contributed by atoms with Crippen molar-refractivity contribution in [1.82, 2.24) is 0 Å². The summed E-state index contributed by atoms with van der Waals surface area (Å²) in [5.74, 6) is -1.04. The van der Waals surface area contributed by atoms with E-state index < -0.39 is 11.7 Å². The van der Waals surface area contributed by atoms with E-state index in [9.17, 15) is 9.18 Å². The molecule has 1 aromatic heterocycles. The first kappa shape index (κ1) is 14.8. The van der Waals surface area contributed by atoms with Gasteiger partial charge < -0.3 is 9.73 Å². The number of fused-ring (bicyclic) bond motifs is 1. The number of nitrogens with zero attached hydrogens (tertiary/aromatic N) is 1. The molecule has 0 spiro atoms. The molecule has 1 heterocycles. The number of halogens is 1. The summed E-state index contributed by atoms with van der Waals surface area (Å²) >= 11 is 0.